The van der Waals surface area contributed by atoms with Crippen molar-refractivity contribution in [2.75, 3.05) is 0 Å². The van der Waals surface area contributed by atoms with Crippen LogP contribution in [-0.2, 0) is 0 Å². The molecule has 4 rings (SSSR count). The summed E-state index contributed by atoms with van der Waals surface area (Å²) < 4.78 is 0. The summed E-state index contributed by atoms with van der Waals surface area (Å²) in [6, 6.07) is 12.2. The maximum Gasteiger partial charge on any atom is 0.0872 e. The van der Waals surface area contributed by atoms with E-state index in [0.717, 1.165) is 27.5 Å². The van der Waals surface area contributed by atoms with Crippen LogP contribution < -0.4 is 0 Å². The lowest BCUT2D eigenvalue weighted by Crippen LogP contribution is -1.82. The molecule has 1 N–H and O–H groups in total. The van der Waals surface area contributed by atoms with Gasteiger partial charge in [-0.25, -0.2) is 4.98 Å². The zero-order valence-electron chi connectivity index (χ0n) is 9.01. The number of benzene rings is 2. The minimum absolute atomic E-state index is 0.971. The van der Waals surface area contributed by atoms with Gasteiger partial charge in [0.15, 0.2) is 0 Å². The van der Waals surface area contributed by atoms with Crippen LogP contribution in [0.15, 0.2) is 48.8 Å². The van der Waals surface area contributed by atoms with Crippen molar-refractivity contribution in [2.24, 2.45) is 0 Å². The summed E-state index contributed by atoms with van der Waals surface area (Å²) in [5.74, 6) is 0. The lowest BCUT2D eigenvalue weighted by molar-refractivity contribution is 1.30. The van der Waals surface area contributed by atoms with Crippen molar-refractivity contribution in [3.05, 3.63) is 48.8 Å². The van der Waals surface area contributed by atoms with E-state index in [0.29, 0.717) is 0 Å². The lowest BCUT2D eigenvalue weighted by Gasteiger charge is -1.98. The SMILES string of the molecule is c1ccc2c(c1)nc1ccc3ncc[nH]c3c12. The molecule has 2 aromatic heterocycles. The van der Waals surface area contributed by atoms with Gasteiger partial charge in [0.2, 0.25) is 0 Å². The molecule has 0 unspecified atom stereocenters. The molecule has 17 heavy (non-hydrogen) atoms. The van der Waals surface area contributed by atoms with Crippen LogP contribution in [0, 0.1) is 0 Å². The summed E-state index contributed by atoms with van der Waals surface area (Å²) in [4.78, 5) is 12.2. The number of hydrogen-bond donors (Lipinski definition) is 1. The summed E-state index contributed by atoms with van der Waals surface area (Å²) in [6.45, 7) is 0. The van der Waals surface area contributed by atoms with E-state index in [2.05, 4.69) is 21.0 Å². The van der Waals surface area contributed by atoms with Gasteiger partial charge in [0.05, 0.1) is 22.1 Å². The van der Waals surface area contributed by atoms with Crippen molar-refractivity contribution in [1.29, 1.82) is 0 Å². The van der Waals surface area contributed by atoms with Crippen LogP contribution in [0.3, 0.4) is 0 Å². The highest BCUT2D eigenvalue weighted by Gasteiger charge is 2.08. The average molecular weight is 219 g/mol. The fourth-order valence-electron chi connectivity index (χ4n) is 2.35. The third-order valence-corrected chi connectivity index (χ3v) is 3.09. The molecule has 0 fully saturated rings. The topological polar surface area (TPSA) is 41.6 Å². The second kappa shape index (κ2) is 3.04. The van der Waals surface area contributed by atoms with Gasteiger partial charge in [-0.3, -0.25) is 4.98 Å². The van der Waals surface area contributed by atoms with E-state index in [1.807, 2.05) is 36.5 Å². The molecule has 3 heteroatoms. The Balaban J connectivity index is 2.38. The smallest absolute Gasteiger partial charge is 0.0872 e. The van der Waals surface area contributed by atoms with Crippen LogP contribution in [0.2, 0.25) is 0 Å². The number of nitrogens with zero attached hydrogens (tertiary/aromatic N) is 2. The molecular weight excluding hydrogens is 210 g/mol. The number of aromatic amines is 1. The van der Waals surface area contributed by atoms with E-state index in [-0.39, 0.29) is 0 Å². The first-order valence-electron chi connectivity index (χ1n) is 5.54. The van der Waals surface area contributed by atoms with Crippen molar-refractivity contribution in [3.8, 4) is 0 Å². The Morgan fingerprint density at radius 1 is 0.882 bits per heavy atom. The molecule has 0 atom stereocenters. The first-order valence-corrected chi connectivity index (χ1v) is 5.54. The standard InChI is InChI=1S/C14H9N3/c1-2-4-10-9(3-1)13-11(17-10)5-6-12-14(13)16-8-7-15-12/h1-8,16H. The Morgan fingerprint density at radius 3 is 2.76 bits per heavy atom. The number of fused-ring (bicyclic) bond motifs is 5. The molecule has 80 valence electrons. The molecule has 0 aliphatic carbocycles. The molecule has 0 spiro atoms. The van der Waals surface area contributed by atoms with E-state index < -0.39 is 0 Å². The summed E-state index contributed by atoms with van der Waals surface area (Å²) in [5.41, 5.74) is 4.08. The van der Waals surface area contributed by atoms with Crippen LogP contribution in [0.1, 0.15) is 0 Å². The van der Waals surface area contributed by atoms with Crippen molar-refractivity contribution in [2.45, 2.75) is 0 Å². The highest BCUT2D eigenvalue weighted by atomic mass is 14.8. The second-order valence-corrected chi connectivity index (χ2v) is 4.07. The zero-order chi connectivity index (χ0) is 11.2. The molecule has 0 saturated carbocycles. The van der Waals surface area contributed by atoms with E-state index >= 15 is 0 Å². The van der Waals surface area contributed by atoms with Crippen molar-refractivity contribution in [1.82, 2.24) is 15.0 Å². The number of rotatable bonds is 0. The van der Waals surface area contributed by atoms with Gasteiger partial charge in [0, 0.05) is 23.2 Å². The number of para-hydroxylation sites is 1. The van der Waals surface area contributed by atoms with Gasteiger partial charge < -0.3 is 4.98 Å². The van der Waals surface area contributed by atoms with Gasteiger partial charge >= 0.3 is 0 Å². The summed E-state index contributed by atoms with van der Waals surface area (Å²) >= 11 is 0. The maximum atomic E-state index is 4.62. The van der Waals surface area contributed by atoms with Gasteiger partial charge in [-0.15, -0.1) is 0 Å². The first kappa shape index (κ1) is 8.70. The minimum Gasteiger partial charge on any atom is -0.358 e. The summed E-state index contributed by atoms with van der Waals surface area (Å²) in [7, 11) is 0. The van der Waals surface area contributed by atoms with Gasteiger partial charge in [-0.05, 0) is 18.2 Å². The van der Waals surface area contributed by atoms with E-state index in [1.165, 1.54) is 5.39 Å². The molecule has 2 aromatic carbocycles. The Morgan fingerprint density at radius 2 is 1.76 bits per heavy atom. The van der Waals surface area contributed by atoms with Gasteiger partial charge in [-0.1, -0.05) is 18.2 Å². The third-order valence-electron chi connectivity index (χ3n) is 3.09. The highest BCUT2D eigenvalue weighted by Crippen LogP contribution is 2.29. The Hall–Kier alpha value is -2.42. The minimum atomic E-state index is 0.971. The number of nitrogens with one attached hydrogen (secondary N) is 1. The number of aromatic nitrogens is 3. The first-order chi connectivity index (χ1) is 8.43. The predicted octanol–water partition coefficient (Wildman–Crippen LogP) is 3.26. The lowest BCUT2D eigenvalue weighted by atomic mass is 10.1. The number of H-pyrrole nitrogens is 1. The van der Waals surface area contributed by atoms with Crippen molar-refractivity contribution >= 4 is 32.8 Å². The molecule has 0 bridgehead atoms. The summed E-state index contributed by atoms with van der Waals surface area (Å²) in [6.07, 6.45) is 3.62. The third kappa shape index (κ3) is 1.11. The monoisotopic (exact) mass is 219 g/mol. The molecule has 0 radical (unpaired) electrons. The fourth-order valence-corrected chi connectivity index (χ4v) is 2.35. The van der Waals surface area contributed by atoms with Crippen LogP contribution in [0.5, 0.6) is 0 Å². The zero-order valence-corrected chi connectivity index (χ0v) is 9.01. The van der Waals surface area contributed by atoms with Crippen LogP contribution >= 0.6 is 0 Å². The summed E-state index contributed by atoms with van der Waals surface area (Å²) in [5, 5.41) is 2.34. The van der Waals surface area contributed by atoms with Gasteiger partial charge in [0.25, 0.3) is 0 Å². The molecule has 2 heterocycles. The molecule has 0 amide bonds. The van der Waals surface area contributed by atoms with Crippen LogP contribution in [-0.4, -0.2) is 15.0 Å². The number of hydrogen-bond acceptors (Lipinski definition) is 2. The van der Waals surface area contributed by atoms with Crippen LogP contribution in [0.25, 0.3) is 32.8 Å². The van der Waals surface area contributed by atoms with E-state index in [1.54, 1.807) is 6.20 Å². The van der Waals surface area contributed by atoms with E-state index in [9.17, 15) is 0 Å². The molecule has 0 aliphatic rings. The molecule has 0 saturated heterocycles. The van der Waals surface area contributed by atoms with Crippen molar-refractivity contribution in [3.63, 3.8) is 0 Å². The molecule has 3 nitrogen and oxygen atoms in total. The molecular formula is C14H9N3. The fraction of sp³-hybridized carbons (Fsp3) is 0. The van der Waals surface area contributed by atoms with Crippen LogP contribution in [0.4, 0.5) is 0 Å². The Labute approximate surface area is 97.1 Å². The van der Waals surface area contributed by atoms with E-state index in [4.69, 9.17) is 0 Å². The predicted molar refractivity (Wildman–Crippen MR) is 68.9 cm³/mol. The molecule has 0 aliphatic heterocycles. The average Bonchev–Trinajstić information content (AvgIpc) is 2.77. The van der Waals surface area contributed by atoms with Gasteiger partial charge in [0.1, 0.15) is 0 Å². The normalized spacial score (nSPS) is 11.5. The Kier molecular flexibility index (Phi) is 1.56. The quantitative estimate of drug-likeness (QED) is 0.493. The second-order valence-electron chi connectivity index (χ2n) is 4.07. The van der Waals surface area contributed by atoms with Crippen molar-refractivity contribution < 1.29 is 0 Å². The Bertz CT molecular complexity index is 840. The maximum absolute atomic E-state index is 4.62. The van der Waals surface area contributed by atoms with Gasteiger partial charge in [-0.2, -0.15) is 0 Å². The highest BCUT2D eigenvalue weighted by molar-refractivity contribution is 6.18. The largest absolute Gasteiger partial charge is 0.358 e. The molecule has 4 aromatic rings.